The molecule has 0 aliphatic heterocycles. The number of carbonyl (C=O) groups excluding carboxylic acids is 1. The van der Waals surface area contributed by atoms with E-state index in [2.05, 4.69) is 11.3 Å². The summed E-state index contributed by atoms with van der Waals surface area (Å²) in [6.45, 7) is 5.66. The van der Waals surface area contributed by atoms with Crippen molar-refractivity contribution in [3.05, 3.63) is 78.5 Å². The van der Waals surface area contributed by atoms with Crippen molar-refractivity contribution in [1.29, 1.82) is 0 Å². The first-order valence-electron chi connectivity index (χ1n) is 8.46. The van der Waals surface area contributed by atoms with Gasteiger partial charge in [0.15, 0.2) is 0 Å². The van der Waals surface area contributed by atoms with Crippen molar-refractivity contribution in [1.82, 2.24) is 0 Å². The van der Waals surface area contributed by atoms with Gasteiger partial charge in [-0.3, -0.25) is 4.79 Å². The standard InChI is InChI=1S/C21H23NO4S/c1-4-18-9-5-6-10-20(18)22(16-8-7-11-21(23)26-3)27(24,25)19-14-12-17(2)13-15-19/h4-6,8-10,12-16H,1,7,11H2,2-3H3/b16-8+. The van der Waals surface area contributed by atoms with Crippen LogP contribution in [0.15, 0.2) is 72.3 Å². The van der Waals surface area contributed by atoms with E-state index in [0.717, 1.165) is 5.56 Å². The molecule has 0 fully saturated rings. The zero-order chi connectivity index (χ0) is 19.9. The highest BCUT2D eigenvalue weighted by molar-refractivity contribution is 7.93. The molecule has 0 saturated carbocycles. The number of aryl methyl sites for hydroxylation is 1. The highest BCUT2D eigenvalue weighted by atomic mass is 32.2. The summed E-state index contributed by atoms with van der Waals surface area (Å²) in [6.07, 6.45) is 5.26. The van der Waals surface area contributed by atoms with Gasteiger partial charge < -0.3 is 4.74 Å². The fraction of sp³-hybridized carbons (Fsp3) is 0.190. The van der Waals surface area contributed by atoms with Crippen molar-refractivity contribution in [2.45, 2.75) is 24.7 Å². The second-order valence-corrected chi connectivity index (χ2v) is 7.69. The minimum atomic E-state index is -3.83. The van der Waals surface area contributed by atoms with E-state index in [4.69, 9.17) is 0 Å². The molecule has 0 radical (unpaired) electrons. The van der Waals surface area contributed by atoms with Crippen LogP contribution in [0, 0.1) is 6.92 Å². The molecular weight excluding hydrogens is 362 g/mol. The molecule has 6 heteroatoms. The van der Waals surface area contributed by atoms with Crippen LogP contribution in [-0.2, 0) is 19.6 Å². The topological polar surface area (TPSA) is 63.7 Å². The average molecular weight is 385 g/mol. The van der Waals surface area contributed by atoms with Gasteiger partial charge in [0.2, 0.25) is 0 Å². The van der Waals surface area contributed by atoms with Crippen LogP contribution in [0.3, 0.4) is 0 Å². The number of carbonyl (C=O) groups is 1. The molecule has 0 atom stereocenters. The zero-order valence-electron chi connectivity index (χ0n) is 15.5. The number of benzene rings is 2. The van der Waals surface area contributed by atoms with Crippen molar-refractivity contribution in [3.63, 3.8) is 0 Å². The fourth-order valence-electron chi connectivity index (χ4n) is 2.45. The maximum atomic E-state index is 13.2. The van der Waals surface area contributed by atoms with Crippen LogP contribution in [0.4, 0.5) is 5.69 Å². The summed E-state index contributed by atoms with van der Waals surface area (Å²) in [7, 11) is -2.51. The van der Waals surface area contributed by atoms with E-state index in [1.807, 2.05) is 13.0 Å². The van der Waals surface area contributed by atoms with E-state index in [1.165, 1.54) is 17.6 Å². The van der Waals surface area contributed by atoms with Gasteiger partial charge in [-0.25, -0.2) is 12.7 Å². The van der Waals surface area contributed by atoms with Crippen molar-refractivity contribution < 1.29 is 17.9 Å². The van der Waals surface area contributed by atoms with Gasteiger partial charge in [-0.05, 0) is 37.1 Å². The molecule has 0 spiro atoms. The Morgan fingerprint density at radius 3 is 2.44 bits per heavy atom. The van der Waals surface area contributed by atoms with Crippen LogP contribution in [0.1, 0.15) is 24.0 Å². The molecule has 2 aromatic carbocycles. The predicted octanol–water partition coefficient (Wildman–Crippen LogP) is 4.30. The second kappa shape index (κ2) is 9.19. The molecule has 142 valence electrons. The molecule has 0 unspecified atom stereocenters. The van der Waals surface area contributed by atoms with E-state index >= 15 is 0 Å². The van der Waals surface area contributed by atoms with Crippen LogP contribution in [-0.4, -0.2) is 21.5 Å². The van der Waals surface area contributed by atoms with Crippen molar-refractivity contribution in [3.8, 4) is 0 Å². The monoisotopic (exact) mass is 385 g/mol. The quantitative estimate of drug-likeness (QED) is 0.636. The number of ether oxygens (including phenoxy) is 1. The molecule has 27 heavy (non-hydrogen) atoms. The van der Waals surface area contributed by atoms with Gasteiger partial charge in [0.05, 0.1) is 17.7 Å². The minimum Gasteiger partial charge on any atom is -0.469 e. The van der Waals surface area contributed by atoms with Crippen LogP contribution in [0.5, 0.6) is 0 Å². The molecule has 0 aliphatic carbocycles. The molecule has 0 N–H and O–H groups in total. The van der Waals surface area contributed by atoms with Crippen LogP contribution in [0.25, 0.3) is 6.08 Å². The van der Waals surface area contributed by atoms with Gasteiger partial charge in [0, 0.05) is 12.6 Å². The Morgan fingerprint density at radius 1 is 1.15 bits per heavy atom. The Labute approximate surface area is 160 Å². The first-order valence-corrected chi connectivity index (χ1v) is 9.90. The third-order valence-corrected chi connectivity index (χ3v) is 5.66. The van der Waals surface area contributed by atoms with E-state index in [0.29, 0.717) is 17.7 Å². The van der Waals surface area contributed by atoms with Crippen LogP contribution in [0.2, 0.25) is 0 Å². The third-order valence-electron chi connectivity index (χ3n) is 3.96. The number of nitrogens with zero attached hydrogens (tertiary/aromatic N) is 1. The number of para-hydroxylation sites is 1. The maximum absolute atomic E-state index is 13.2. The van der Waals surface area contributed by atoms with Crippen molar-refractivity contribution in [2.75, 3.05) is 11.4 Å². The number of esters is 1. The summed E-state index contributed by atoms with van der Waals surface area (Å²) in [5.74, 6) is -0.348. The lowest BCUT2D eigenvalue weighted by Crippen LogP contribution is -2.26. The molecule has 0 heterocycles. The Bertz CT molecular complexity index is 931. The van der Waals surface area contributed by atoms with E-state index < -0.39 is 10.0 Å². The molecule has 2 aromatic rings. The third kappa shape index (κ3) is 5.08. The Morgan fingerprint density at radius 2 is 1.81 bits per heavy atom. The second-order valence-electron chi connectivity index (χ2n) is 5.88. The van der Waals surface area contributed by atoms with E-state index in [-0.39, 0.29) is 17.3 Å². The van der Waals surface area contributed by atoms with E-state index in [1.54, 1.807) is 54.6 Å². The van der Waals surface area contributed by atoms with Gasteiger partial charge in [-0.2, -0.15) is 0 Å². The molecule has 2 rings (SSSR count). The molecule has 5 nitrogen and oxygen atoms in total. The molecular formula is C21H23NO4S. The number of methoxy groups -OCH3 is 1. The van der Waals surface area contributed by atoms with E-state index in [9.17, 15) is 13.2 Å². The zero-order valence-corrected chi connectivity index (χ0v) is 16.3. The van der Waals surface area contributed by atoms with Crippen LogP contribution < -0.4 is 4.31 Å². The van der Waals surface area contributed by atoms with Crippen LogP contribution >= 0.6 is 0 Å². The number of hydrogen-bond donors (Lipinski definition) is 0. The summed E-state index contributed by atoms with van der Waals surface area (Å²) < 4.78 is 32.3. The molecule has 0 amide bonds. The number of rotatable bonds is 8. The number of hydrogen-bond acceptors (Lipinski definition) is 4. The predicted molar refractivity (Wildman–Crippen MR) is 108 cm³/mol. The van der Waals surface area contributed by atoms with Gasteiger partial charge in [-0.1, -0.05) is 54.6 Å². The highest BCUT2D eigenvalue weighted by Crippen LogP contribution is 2.28. The van der Waals surface area contributed by atoms with Crippen molar-refractivity contribution in [2.24, 2.45) is 0 Å². The lowest BCUT2D eigenvalue weighted by Gasteiger charge is -2.22. The molecule has 0 saturated heterocycles. The van der Waals surface area contributed by atoms with Gasteiger partial charge in [0.25, 0.3) is 10.0 Å². The Kier molecular flexibility index (Phi) is 6.96. The minimum absolute atomic E-state index is 0.175. The summed E-state index contributed by atoms with van der Waals surface area (Å²) in [6, 6.07) is 13.8. The lowest BCUT2D eigenvalue weighted by atomic mass is 10.2. The molecule has 0 aromatic heterocycles. The molecule has 0 aliphatic rings. The fourth-order valence-corrected chi connectivity index (χ4v) is 3.83. The first kappa shape index (κ1) is 20.5. The average Bonchev–Trinajstić information content (AvgIpc) is 2.68. The SMILES string of the molecule is C=Cc1ccccc1N(/C=C/CCC(=O)OC)S(=O)(=O)c1ccc(C)cc1. The Balaban J connectivity index is 2.45. The first-order chi connectivity index (χ1) is 12.9. The summed E-state index contributed by atoms with van der Waals surface area (Å²) in [4.78, 5) is 11.5. The maximum Gasteiger partial charge on any atom is 0.305 e. The summed E-state index contributed by atoms with van der Waals surface area (Å²) in [5, 5.41) is 0. The highest BCUT2D eigenvalue weighted by Gasteiger charge is 2.24. The van der Waals surface area contributed by atoms with Crippen molar-refractivity contribution >= 4 is 27.8 Å². The normalized spacial score (nSPS) is 11.3. The smallest absolute Gasteiger partial charge is 0.305 e. The lowest BCUT2D eigenvalue weighted by molar-refractivity contribution is -0.140. The number of allylic oxidation sites excluding steroid dienone is 1. The van der Waals surface area contributed by atoms with Gasteiger partial charge in [-0.15, -0.1) is 0 Å². The number of anilines is 1. The molecule has 0 bridgehead atoms. The summed E-state index contributed by atoms with van der Waals surface area (Å²) in [5.41, 5.74) is 2.15. The number of sulfonamides is 1. The summed E-state index contributed by atoms with van der Waals surface area (Å²) >= 11 is 0. The van der Waals surface area contributed by atoms with Gasteiger partial charge >= 0.3 is 5.97 Å². The Hall–Kier alpha value is -2.86. The largest absolute Gasteiger partial charge is 0.469 e. The van der Waals surface area contributed by atoms with Gasteiger partial charge in [0.1, 0.15) is 0 Å².